The van der Waals surface area contributed by atoms with Gasteiger partial charge in [-0.3, -0.25) is 9.59 Å². The minimum absolute atomic E-state index is 0.0288. The number of hydrogen-bond acceptors (Lipinski definition) is 8. The molecule has 0 unspecified atom stereocenters. The molecule has 2 heterocycles. The summed E-state index contributed by atoms with van der Waals surface area (Å²) in [5.74, 6) is -1.49. The summed E-state index contributed by atoms with van der Waals surface area (Å²) in [5, 5.41) is 10.2. The number of halogens is 1. The molecule has 194 valence electrons. The van der Waals surface area contributed by atoms with Gasteiger partial charge < -0.3 is 26.4 Å². The number of esters is 1. The Balaban J connectivity index is 1.49. The van der Waals surface area contributed by atoms with E-state index in [1.165, 1.54) is 18.4 Å². The number of carbonyl (C=O) groups excluding carboxylic acids is 3. The van der Waals surface area contributed by atoms with Crippen LogP contribution in [0.3, 0.4) is 0 Å². The highest BCUT2D eigenvalue weighted by Crippen LogP contribution is 2.42. The van der Waals surface area contributed by atoms with Crippen molar-refractivity contribution in [3.63, 3.8) is 0 Å². The number of aryl methyl sites for hydroxylation is 1. The molecule has 0 atom stereocenters. The molecule has 4 aromatic rings. The highest BCUT2D eigenvalue weighted by Gasteiger charge is 2.31. The summed E-state index contributed by atoms with van der Waals surface area (Å²) in [7, 11) is 1.32. The number of para-hydroxylation sites is 1. The van der Waals surface area contributed by atoms with Crippen molar-refractivity contribution in [2.75, 3.05) is 28.8 Å². The quantitative estimate of drug-likeness (QED) is 0.188. The van der Waals surface area contributed by atoms with E-state index >= 15 is 0 Å². The van der Waals surface area contributed by atoms with Gasteiger partial charge in [0, 0.05) is 21.3 Å². The summed E-state index contributed by atoms with van der Waals surface area (Å²) in [5.41, 5.74) is 9.15. The molecule has 1 aliphatic rings. The third kappa shape index (κ3) is 5.10. The molecule has 11 heteroatoms. The Morgan fingerprint density at radius 3 is 2.32 bits per heavy atom. The van der Waals surface area contributed by atoms with Crippen LogP contribution in [-0.4, -0.2) is 24.9 Å². The largest absolute Gasteiger partial charge is 0.465 e. The van der Waals surface area contributed by atoms with Gasteiger partial charge in [-0.25, -0.2) is 4.79 Å². The summed E-state index contributed by atoms with van der Waals surface area (Å²) in [6.45, 7) is 0. The predicted octanol–water partition coefficient (Wildman–Crippen LogP) is 6.57. The van der Waals surface area contributed by atoms with E-state index in [0.717, 1.165) is 46.7 Å². The van der Waals surface area contributed by atoms with Gasteiger partial charge in [-0.05, 0) is 61.2 Å². The van der Waals surface area contributed by atoms with Crippen molar-refractivity contribution >= 4 is 79.1 Å². The number of amides is 2. The van der Waals surface area contributed by atoms with Crippen molar-refractivity contribution in [2.24, 2.45) is 0 Å². The Morgan fingerprint density at radius 2 is 1.61 bits per heavy atom. The molecule has 0 aliphatic heterocycles. The fraction of sp³-hybridized carbons (Fsp3) is 0.148. The van der Waals surface area contributed by atoms with Crippen molar-refractivity contribution in [2.45, 2.75) is 19.3 Å². The molecule has 0 bridgehead atoms. The maximum absolute atomic E-state index is 13.5. The monoisotopic (exact) mass is 566 g/mol. The van der Waals surface area contributed by atoms with E-state index in [9.17, 15) is 14.4 Å². The first-order valence-electron chi connectivity index (χ1n) is 11.7. The van der Waals surface area contributed by atoms with E-state index in [2.05, 4.69) is 16.0 Å². The SMILES string of the molecule is COC(=O)c1c(NC(=O)c2sc(Nc3ccccc3)c(C(=O)Nc3ccc(Cl)cc3)c2N)sc2c1CCC2. The van der Waals surface area contributed by atoms with Crippen LogP contribution in [0.4, 0.5) is 27.1 Å². The molecular weight excluding hydrogens is 544 g/mol. The lowest BCUT2D eigenvalue weighted by Crippen LogP contribution is -2.17. The van der Waals surface area contributed by atoms with Gasteiger partial charge in [-0.15, -0.1) is 22.7 Å². The summed E-state index contributed by atoms with van der Waals surface area (Å²) >= 11 is 8.39. The van der Waals surface area contributed by atoms with Crippen LogP contribution in [0.1, 0.15) is 47.2 Å². The van der Waals surface area contributed by atoms with Gasteiger partial charge in [0.05, 0.1) is 23.9 Å². The molecule has 0 spiro atoms. The number of nitrogens with two attached hydrogens (primary N) is 1. The number of nitrogen functional groups attached to an aromatic ring is 1. The molecule has 0 saturated heterocycles. The lowest BCUT2D eigenvalue weighted by molar-refractivity contribution is 0.0601. The molecule has 5 rings (SSSR count). The third-order valence-electron chi connectivity index (χ3n) is 6.05. The van der Waals surface area contributed by atoms with Crippen LogP contribution in [0.15, 0.2) is 54.6 Å². The Bertz CT molecular complexity index is 1530. The van der Waals surface area contributed by atoms with E-state index in [0.29, 0.717) is 26.3 Å². The van der Waals surface area contributed by atoms with Gasteiger partial charge >= 0.3 is 5.97 Å². The molecular formula is C27H23ClN4O4S2. The second-order valence-corrected chi connectivity index (χ2v) is 11.1. The molecule has 0 radical (unpaired) electrons. The van der Waals surface area contributed by atoms with Gasteiger partial charge in [0.15, 0.2) is 0 Å². The molecule has 2 aromatic heterocycles. The predicted molar refractivity (Wildman–Crippen MR) is 153 cm³/mol. The Morgan fingerprint density at radius 1 is 0.868 bits per heavy atom. The number of thiophene rings is 2. The summed E-state index contributed by atoms with van der Waals surface area (Å²) in [6.07, 6.45) is 2.56. The normalized spacial score (nSPS) is 12.1. The molecule has 2 aromatic carbocycles. The minimum Gasteiger partial charge on any atom is -0.465 e. The van der Waals surface area contributed by atoms with Crippen molar-refractivity contribution in [1.82, 2.24) is 0 Å². The van der Waals surface area contributed by atoms with Crippen LogP contribution in [0, 0.1) is 0 Å². The number of benzene rings is 2. The first kappa shape index (κ1) is 25.8. The van der Waals surface area contributed by atoms with Crippen LogP contribution in [0.25, 0.3) is 0 Å². The number of nitrogens with one attached hydrogen (secondary N) is 3. The zero-order valence-electron chi connectivity index (χ0n) is 20.2. The molecule has 8 nitrogen and oxygen atoms in total. The Kier molecular flexibility index (Phi) is 7.37. The molecule has 5 N–H and O–H groups in total. The van der Waals surface area contributed by atoms with Gasteiger partial charge in [0.2, 0.25) is 0 Å². The summed E-state index contributed by atoms with van der Waals surface area (Å²) in [6, 6.07) is 15.9. The van der Waals surface area contributed by atoms with E-state index < -0.39 is 17.8 Å². The third-order valence-corrected chi connectivity index (χ3v) is 8.63. The number of hydrogen-bond donors (Lipinski definition) is 4. The minimum atomic E-state index is -0.515. The fourth-order valence-corrected chi connectivity index (χ4v) is 6.71. The first-order chi connectivity index (χ1) is 18.4. The fourth-order valence-electron chi connectivity index (χ4n) is 4.28. The van der Waals surface area contributed by atoms with Crippen LogP contribution in [0.5, 0.6) is 0 Å². The molecule has 0 fully saturated rings. The van der Waals surface area contributed by atoms with E-state index in [1.807, 2.05) is 30.3 Å². The second-order valence-electron chi connectivity index (χ2n) is 8.51. The average molecular weight is 567 g/mol. The van der Waals surface area contributed by atoms with E-state index in [1.54, 1.807) is 24.3 Å². The van der Waals surface area contributed by atoms with Crippen LogP contribution >= 0.6 is 34.3 Å². The number of methoxy groups -OCH3 is 1. The lowest BCUT2D eigenvalue weighted by atomic mass is 10.1. The standard InChI is InChI=1S/C27H23ClN4O4S2/c1-36-27(35)19-17-8-5-9-18(17)37-25(19)32-24(34)22-21(29)20(23(33)30-16-12-10-14(28)11-13-16)26(38-22)31-15-6-3-2-4-7-15/h2-4,6-7,10-13,31H,5,8-9,29H2,1H3,(H,30,33)(H,32,34). The smallest absolute Gasteiger partial charge is 0.341 e. The summed E-state index contributed by atoms with van der Waals surface area (Å²) < 4.78 is 4.98. The number of carbonyl (C=O) groups is 3. The number of anilines is 5. The maximum atomic E-state index is 13.5. The van der Waals surface area contributed by atoms with E-state index in [4.69, 9.17) is 22.1 Å². The number of rotatable bonds is 7. The molecule has 38 heavy (non-hydrogen) atoms. The van der Waals surface area contributed by atoms with Crippen molar-refractivity contribution in [1.29, 1.82) is 0 Å². The van der Waals surface area contributed by atoms with Crippen LogP contribution in [0.2, 0.25) is 5.02 Å². The topological polar surface area (TPSA) is 123 Å². The van der Waals surface area contributed by atoms with Gasteiger partial charge in [-0.2, -0.15) is 0 Å². The van der Waals surface area contributed by atoms with Gasteiger partial charge in [-0.1, -0.05) is 29.8 Å². The Labute approximate surface area is 231 Å². The zero-order valence-corrected chi connectivity index (χ0v) is 22.6. The highest BCUT2D eigenvalue weighted by atomic mass is 35.5. The molecule has 0 saturated carbocycles. The van der Waals surface area contributed by atoms with Crippen molar-refractivity contribution in [3.05, 3.63) is 86.1 Å². The Hall–Kier alpha value is -3.86. The van der Waals surface area contributed by atoms with Gasteiger partial charge in [0.25, 0.3) is 11.8 Å². The molecule has 2 amide bonds. The summed E-state index contributed by atoms with van der Waals surface area (Å²) in [4.78, 5) is 40.6. The van der Waals surface area contributed by atoms with Crippen molar-refractivity contribution in [3.8, 4) is 0 Å². The zero-order chi connectivity index (χ0) is 26.8. The lowest BCUT2D eigenvalue weighted by Gasteiger charge is -2.09. The van der Waals surface area contributed by atoms with Crippen LogP contribution < -0.4 is 21.7 Å². The van der Waals surface area contributed by atoms with E-state index in [-0.39, 0.29) is 16.1 Å². The van der Waals surface area contributed by atoms with Crippen molar-refractivity contribution < 1.29 is 19.1 Å². The molecule has 1 aliphatic carbocycles. The number of fused-ring (bicyclic) bond motifs is 1. The number of ether oxygens (including phenoxy) is 1. The highest BCUT2D eigenvalue weighted by molar-refractivity contribution is 7.20. The second kappa shape index (κ2) is 10.9. The van der Waals surface area contributed by atoms with Gasteiger partial charge in [0.1, 0.15) is 14.9 Å². The first-order valence-corrected chi connectivity index (χ1v) is 13.7. The average Bonchev–Trinajstić information content (AvgIpc) is 3.58. The van der Waals surface area contributed by atoms with Crippen LogP contribution in [-0.2, 0) is 17.6 Å². The maximum Gasteiger partial charge on any atom is 0.341 e.